The number of nitrogens with zero attached hydrogens (tertiary/aromatic N) is 1. The van der Waals surface area contributed by atoms with Crippen LogP contribution >= 0.6 is 0 Å². The molecule has 2 aromatic carbocycles. The maximum atomic E-state index is 14.0. The van der Waals surface area contributed by atoms with Gasteiger partial charge in [-0.3, -0.25) is 13.9 Å². The summed E-state index contributed by atoms with van der Waals surface area (Å²) in [6.45, 7) is 3.58. The fraction of sp³-hybridized carbons (Fsp3) is 0.548. The molecule has 46 heavy (non-hydrogen) atoms. The number of aliphatic hydroxyl groups is 1. The predicted octanol–water partition coefficient (Wildman–Crippen LogP) is 5.30. The second-order valence-electron chi connectivity index (χ2n) is 12.3. The highest BCUT2D eigenvalue weighted by atomic mass is 32.2. The van der Waals surface area contributed by atoms with E-state index in [2.05, 4.69) is 5.32 Å². The number of esters is 1. The van der Waals surface area contributed by atoms with E-state index in [-0.39, 0.29) is 53.9 Å². The summed E-state index contributed by atoms with van der Waals surface area (Å²) in [5, 5.41) is 12.9. The quantitative estimate of drug-likeness (QED) is 0.290. The molecule has 252 valence electrons. The highest BCUT2D eigenvalue weighted by molar-refractivity contribution is 7.92. The molecule has 2 bridgehead atoms. The highest BCUT2D eigenvalue weighted by Gasteiger charge is 2.71. The summed E-state index contributed by atoms with van der Waals surface area (Å²) >= 11 is 0. The van der Waals surface area contributed by atoms with Crippen LogP contribution in [0.4, 0.5) is 32.0 Å². The number of amides is 1. The lowest BCUT2D eigenvalue weighted by Gasteiger charge is -2.39. The summed E-state index contributed by atoms with van der Waals surface area (Å²) in [5.41, 5.74) is -6.34. The smallest absolute Gasteiger partial charge is 0.430 e. The van der Waals surface area contributed by atoms with Gasteiger partial charge in [0, 0.05) is 18.0 Å². The zero-order valence-corrected chi connectivity index (χ0v) is 25.8. The number of anilines is 1. The Morgan fingerprint density at radius 1 is 0.978 bits per heavy atom. The van der Waals surface area contributed by atoms with E-state index in [1.54, 1.807) is 13.8 Å². The molecule has 0 radical (unpaired) electrons. The van der Waals surface area contributed by atoms with E-state index in [9.17, 15) is 49.5 Å². The molecule has 0 saturated heterocycles. The van der Waals surface area contributed by atoms with Gasteiger partial charge in [-0.05, 0) is 81.5 Å². The fourth-order valence-electron chi connectivity index (χ4n) is 7.22. The molecule has 2 unspecified atom stereocenters. The molecule has 2 N–H and O–H groups in total. The first-order valence-corrected chi connectivity index (χ1v) is 16.4. The normalized spacial score (nSPS) is 24.9. The Labute approximate surface area is 262 Å². The molecule has 0 aromatic heterocycles. The highest BCUT2D eigenvalue weighted by Crippen LogP contribution is 2.52. The van der Waals surface area contributed by atoms with Crippen LogP contribution in [0.1, 0.15) is 55.7 Å². The number of benzene rings is 2. The van der Waals surface area contributed by atoms with E-state index in [4.69, 9.17) is 4.74 Å². The van der Waals surface area contributed by atoms with Crippen LogP contribution in [-0.4, -0.2) is 56.4 Å². The second-order valence-corrected chi connectivity index (χ2v) is 14.1. The van der Waals surface area contributed by atoms with Gasteiger partial charge in [0.2, 0.25) is 5.91 Å². The van der Waals surface area contributed by atoms with Crippen molar-refractivity contribution in [3.8, 4) is 0 Å². The molecule has 0 spiro atoms. The molecule has 5 rings (SSSR count). The first-order valence-electron chi connectivity index (χ1n) is 15.0. The number of hydrogen-bond donors (Lipinski definition) is 2. The van der Waals surface area contributed by atoms with Crippen LogP contribution in [-0.2, 0) is 36.4 Å². The van der Waals surface area contributed by atoms with E-state index in [0.717, 1.165) is 35.2 Å². The maximum absolute atomic E-state index is 14.0. The Kier molecular flexibility index (Phi) is 8.90. The standard InChI is InChI=1S/C31H34F6N2O6S/c1-3-45-28(41)26-19-6-7-20(14-19)27(26)38-25(40)16-22-10-8-18-15-21(29(42,30(32,33)34)31(35,36)37)9-13-24(18)39(22)46(43,44)23-11-4-17(2)5-12-23/h4-5,9,11-13,15,19-20,22,26-27,42H,3,6-8,10,14,16H2,1-2H3,(H,38,40)/t19?,20?,22-,26-,27+/m0/s1. The first kappa shape index (κ1) is 34.0. The van der Waals surface area contributed by atoms with Gasteiger partial charge in [-0.2, -0.15) is 26.3 Å². The van der Waals surface area contributed by atoms with Crippen molar-refractivity contribution in [3.63, 3.8) is 0 Å². The Balaban J connectivity index is 1.50. The zero-order valence-electron chi connectivity index (χ0n) is 25.0. The van der Waals surface area contributed by atoms with Gasteiger partial charge in [-0.1, -0.05) is 29.8 Å². The molecular weight excluding hydrogens is 642 g/mol. The minimum atomic E-state index is -6.12. The number of fused-ring (bicyclic) bond motifs is 3. The van der Waals surface area contributed by atoms with Gasteiger partial charge in [-0.25, -0.2) is 8.42 Å². The predicted molar refractivity (Wildman–Crippen MR) is 153 cm³/mol. The van der Waals surface area contributed by atoms with E-state index < -0.39 is 63.4 Å². The van der Waals surface area contributed by atoms with E-state index in [1.165, 1.54) is 24.3 Å². The molecule has 1 aliphatic heterocycles. The lowest BCUT2D eigenvalue weighted by atomic mass is 9.84. The largest absolute Gasteiger partial charge is 0.466 e. The number of carbonyl (C=O) groups excluding carboxylic acids is 2. The van der Waals surface area contributed by atoms with Crippen LogP contribution in [0, 0.1) is 24.7 Å². The number of rotatable bonds is 8. The summed E-state index contributed by atoms with van der Waals surface area (Å²) in [6.07, 6.45) is -10.6. The number of hydrogen-bond acceptors (Lipinski definition) is 6. The fourth-order valence-corrected chi connectivity index (χ4v) is 8.94. The van der Waals surface area contributed by atoms with Crippen molar-refractivity contribution in [2.24, 2.45) is 17.8 Å². The minimum absolute atomic E-state index is 0.0438. The van der Waals surface area contributed by atoms with Crippen molar-refractivity contribution in [2.75, 3.05) is 10.9 Å². The van der Waals surface area contributed by atoms with Crippen molar-refractivity contribution < 1.29 is 54.2 Å². The third-order valence-electron chi connectivity index (χ3n) is 9.44. The molecule has 3 aliphatic rings. The monoisotopic (exact) mass is 676 g/mol. The number of carbonyl (C=O) groups is 2. The van der Waals surface area contributed by atoms with Gasteiger partial charge in [0.1, 0.15) is 0 Å². The van der Waals surface area contributed by atoms with Crippen molar-refractivity contribution in [1.29, 1.82) is 0 Å². The Hall–Kier alpha value is -3.33. The number of nitrogens with one attached hydrogen (secondary N) is 1. The topological polar surface area (TPSA) is 113 Å². The number of halogens is 6. The summed E-state index contributed by atoms with van der Waals surface area (Å²) in [4.78, 5) is 26.0. The Morgan fingerprint density at radius 2 is 1.61 bits per heavy atom. The van der Waals surface area contributed by atoms with Gasteiger partial charge in [0.15, 0.2) is 0 Å². The van der Waals surface area contributed by atoms with Crippen LogP contribution in [0.2, 0.25) is 0 Å². The lowest BCUT2D eigenvalue weighted by Crippen LogP contribution is -2.54. The van der Waals surface area contributed by atoms with Gasteiger partial charge in [0.25, 0.3) is 15.6 Å². The van der Waals surface area contributed by atoms with Gasteiger partial charge in [-0.15, -0.1) is 0 Å². The maximum Gasteiger partial charge on any atom is 0.430 e. The van der Waals surface area contributed by atoms with Crippen LogP contribution in [0.15, 0.2) is 47.4 Å². The van der Waals surface area contributed by atoms with Crippen molar-refractivity contribution in [1.82, 2.24) is 5.32 Å². The first-order chi connectivity index (χ1) is 21.4. The van der Waals surface area contributed by atoms with E-state index in [0.29, 0.717) is 12.1 Å². The SMILES string of the molecule is CCOC(=O)[C@H]1C2CCC(C2)[C@H]1NC(=O)C[C@@H]1CCc2cc(C(O)(C(F)(F)F)C(F)(F)F)ccc2N1S(=O)(=O)c1ccc(C)cc1. The average molecular weight is 677 g/mol. The van der Waals surface area contributed by atoms with Gasteiger partial charge >= 0.3 is 18.3 Å². The summed E-state index contributed by atoms with van der Waals surface area (Å²) in [6, 6.07) is 5.84. The molecule has 15 heteroatoms. The van der Waals surface area contributed by atoms with E-state index >= 15 is 0 Å². The van der Waals surface area contributed by atoms with Crippen LogP contribution in [0.5, 0.6) is 0 Å². The lowest BCUT2D eigenvalue weighted by molar-refractivity contribution is -0.376. The molecule has 2 aromatic rings. The third kappa shape index (κ3) is 5.84. The second kappa shape index (κ2) is 12.0. The molecule has 2 aliphatic carbocycles. The van der Waals surface area contributed by atoms with Crippen LogP contribution < -0.4 is 9.62 Å². The van der Waals surface area contributed by atoms with E-state index in [1.807, 2.05) is 0 Å². The van der Waals surface area contributed by atoms with Gasteiger partial charge < -0.3 is 15.2 Å². The van der Waals surface area contributed by atoms with Crippen molar-refractivity contribution >= 4 is 27.6 Å². The molecule has 2 fully saturated rings. The Bertz CT molecular complexity index is 1580. The summed E-state index contributed by atoms with van der Waals surface area (Å²) in [7, 11) is -4.49. The molecule has 5 atom stereocenters. The van der Waals surface area contributed by atoms with Crippen molar-refractivity contribution in [3.05, 3.63) is 59.2 Å². The molecule has 1 heterocycles. The summed E-state index contributed by atoms with van der Waals surface area (Å²) in [5.74, 6) is -1.41. The van der Waals surface area contributed by atoms with Gasteiger partial charge in [0.05, 0.1) is 29.1 Å². The average Bonchev–Trinajstić information content (AvgIpc) is 3.57. The molecule has 1 amide bonds. The number of ether oxygens (including phenoxy) is 1. The molecule has 8 nitrogen and oxygen atoms in total. The number of sulfonamides is 1. The zero-order chi connectivity index (χ0) is 33.8. The summed E-state index contributed by atoms with van der Waals surface area (Å²) < 4.78 is 116. The van der Waals surface area contributed by atoms with Crippen molar-refractivity contribution in [2.45, 2.75) is 87.3 Å². The minimum Gasteiger partial charge on any atom is -0.466 e. The Morgan fingerprint density at radius 3 is 2.22 bits per heavy atom. The molecule has 2 saturated carbocycles. The number of alkyl halides is 6. The molecular formula is C31H34F6N2O6S. The van der Waals surface area contributed by atoms with Crippen LogP contribution in [0.3, 0.4) is 0 Å². The third-order valence-corrected chi connectivity index (χ3v) is 11.3. The number of aryl methyl sites for hydroxylation is 2. The van der Waals surface area contributed by atoms with Crippen LogP contribution in [0.25, 0.3) is 0 Å².